The monoisotopic (exact) mass is 246 g/mol. The Morgan fingerprint density at radius 1 is 1.33 bits per heavy atom. The normalized spacial score (nSPS) is 10.4. The summed E-state index contributed by atoms with van der Waals surface area (Å²) in [6.45, 7) is 7.06. The lowest BCUT2D eigenvalue weighted by Gasteiger charge is -2.32. The molecule has 0 spiro atoms. The number of benzene rings is 1. The van der Waals surface area contributed by atoms with E-state index in [-0.39, 0.29) is 6.61 Å². The van der Waals surface area contributed by atoms with Crippen LogP contribution in [0.3, 0.4) is 0 Å². The van der Waals surface area contributed by atoms with Crippen molar-refractivity contribution in [1.82, 2.24) is 0 Å². The first kappa shape index (κ1) is 14.5. The van der Waals surface area contributed by atoms with E-state index in [1.54, 1.807) is 0 Å². The first-order valence-corrected chi connectivity index (χ1v) is 6.56. The second-order valence-corrected chi connectivity index (χ2v) is 4.50. The van der Waals surface area contributed by atoms with Gasteiger partial charge in [0.15, 0.2) is 0 Å². The van der Waals surface area contributed by atoms with E-state index in [9.17, 15) is 5.11 Å². The van der Waals surface area contributed by atoms with Gasteiger partial charge in [0.25, 0.3) is 0 Å². The standard InChI is InChI=1S/C15H22N2O/c1-4-14(5-2)17(8-9-18)15-7-6-13(11-16)12(3)10-15/h6-7,10,14,18H,4-5,8-9H2,1-3H3. The molecule has 98 valence electrons. The number of aliphatic hydroxyl groups is 1. The van der Waals surface area contributed by atoms with Crippen LogP contribution in [-0.2, 0) is 0 Å². The van der Waals surface area contributed by atoms with Crippen LogP contribution in [0.2, 0.25) is 0 Å². The Bertz CT molecular complexity index is 419. The zero-order chi connectivity index (χ0) is 13.5. The van der Waals surface area contributed by atoms with Gasteiger partial charge in [-0.05, 0) is 43.5 Å². The molecule has 0 fully saturated rings. The summed E-state index contributed by atoms with van der Waals surface area (Å²) in [5.41, 5.74) is 2.80. The minimum Gasteiger partial charge on any atom is -0.395 e. The number of aryl methyl sites for hydroxylation is 1. The summed E-state index contributed by atoms with van der Waals surface area (Å²) in [5, 5.41) is 18.2. The van der Waals surface area contributed by atoms with Gasteiger partial charge in [-0.1, -0.05) is 13.8 Å². The zero-order valence-corrected chi connectivity index (χ0v) is 11.5. The molecule has 0 aliphatic carbocycles. The Morgan fingerprint density at radius 3 is 2.44 bits per heavy atom. The second kappa shape index (κ2) is 7.03. The van der Waals surface area contributed by atoms with E-state index < -0.39 is 0 Å². The zero-order valence-electron chi connectivity index (χ0n) is 11.5. The van der Waals surface area contributed by atoms with Gasteiger partial charge in [-0.3, -0.25) is 0 Å². The highest BCUT2D eigenvalue weighted by Gasteiger charge is 2.15. The van der Waals surface area contributed by atoms with Crippen molar-refractivity contribution in [2.24, 2.45) is 0 Å². The van der Waals surface area contributed by atoms with E-state index in [2.05, 4.69) is 24.8 Å². The van der Waals surface area contributed by atoms with Gasteiger partial charge >= 0.3 is 0 Å². The molecule has 18 heavy (non-hydrogen) atoms. The SMILES string of the molecule is CCC(CC)N(CCO)c1ccc(C#N)c(C)c1. The third kappa shape index (κ3) is 3.24. The summed E-state index contributed by atoms with van der Waals surface area (Å²) in [6, 6.07) is 8.48. The molecule has 1 rings (SSSR count). The molecule has 1 aromatic carbocycles. The maximum Gasteiger partial charge on any atom is 0.0994 e. The lowest BCUT2D eigenvalue weighted by atomic mass is 10.1. The van der Waals surface area contributed by atoms with Crippen molar-refractivity contribution in [1.29, 1.82) is 5.26 Å². The molecule has 3 heteroatoms. The van der Waals surface area contributed by atoms with Crippen molar-refractivity contribution >= 4 is 5.69 Å². The van der Waals surface area contributed by atoms with E-state index in [0.717, 1.165) is 24.1 Å². The number of nitrogens with zero attached hydrogens (tertiary/aromatic N) is 2. The van der Waals surface area contributed by atoms with Crippen molar-refractivity contribution in [2.75, 3.05) is 18.1 Å². The Morgan fingerprint density at radius 2 is 2.00 bits per heavy atom. The van der Waals surface area contributed by atoms with Crippen LogP contribution >= 0.6 is 0 Å². The van der Waals surface area contributed by atoms with E-state index in [4.69, 9.17) is 5.26 Å². The van der Waals surface area contributed by atoms with Crippen molar-refractivity contribution in [2.45, 2.75) is 39.7 Å². The quantitative estimate of drug-likeness (QED) is 0.839. The van der Waals surface area contributed by atoms with Crippen LogP contribution in [0, 0.1) is 18.3 Å². The van der Waals surface area contributed by atoms with Crippen LogP contribution < -0.4 is 4.90 Å². The van der Waals surface area contributed by atoms with Gasteiger partial charge in [0.2, 0.25) is 0 Å². The number of nitriles is 1. The molecule has 1 aromatic rings. The molecule has 0 saturated heterocycles. The summed E-state index contributed by atoms with van der Waals surface area (Å²) < 4.78 is 0. The molecule has 0 aliphatic rings. The highest BCUT2D eigenvalue weighted by Crippen LogP contribution is 2.23. The van der Waals surface area contributed by atoms with Crippen LogP contribution in [0.4, 0.5) is 5.69 Å². The molecule has 0 heterocycles. The average molecular weight is 246 g/mol. The second-order valence-electron chi connectivity index (χ2n) is 4.50. The van der Waals surface area contributed by atoms with E-state index in [1.165, 1.54) is 0 Å². The fourth-order valence-electron chi connectivity index (χ4n) is 2.31. The predicted molar refractivity (Wildman–Crippen MR) is 74.7 cm³/mol. The van der Waals surface area contributed by atoms with Gasteiger partial charge in [0.05, 0.1) is 18.2 Å². The highest BCUT2D eigenvalue weighted by molar-refractivity contribution is 5.54. The Kier molecular flexibility index (Phi) is 5.67. The number of hydrogen-bond donors (Lipinski definition) is 1. The topological polar surface area (TPSA) is 47.3 Å². The molecular weight excluding hydrogens is 224 g/mol. The summed E-state index contributed by atoms with van der Waals surface area (Å²) >= 11 is 0. The van der Waals surface area contributed by atoms with E-state index in [1.807, 2.05) is 25.1 Å². The van der Waals surface area contributed by atoms with Crippen molar-refractivity contribution in [3.05, 3.63) is 29.3 Å². The summed E-state index contributed by atoms with van der Waals surface area (Å²) in [7, 11) is 0. The van der Waals surface area contributed by atoms with Crippen molar-refractivity contribution in [3.63, 3.8) is 0 Å². The summed E-state index contributed by atoms with van der Waals surface area (Å²) in [5.74, 6) is 0. The number of rotatable bonds is 6. The first-order valence-electron chi connectivity index (χ1n) is 6.56. The molecule has 0 radical (unpaired) electrons. The predicted octanol–water partition coefficient (Wildman–Crippen LogP) is 2.85. The van der Waals surface area contributed by atoms with Gasteiger partial charge in [-0.2, -0.15) is 5.26 Å². The van der Waals surface area contributed by atoms with Gasteiger partial charge < -0.3 is 10.0 Å². The van der Waals surface area contributed by atoms with Crippen LogP contribution in [0.5, 0.6) is 0 Å². The fourth-order valence-corrected chi connectivity index (χ4v) is 2.31. The minimum absolute atomic E-state index is 0.148. The van der Waals surface area contributed by atoms with E-state index >= 15 is 0 Å². The Balaban J connectivity index is 3.06. The van der Waals surface area contributed by atoms with Gasteiger partial charge in [0, 0.05) is 18.3 Å². The van der Waals surface area contributed by atoms with Gasteiger partial charge in [0.1, 0.15) is 0 Å². The fraction of sp³-hybridized carbons (Fsp3) is 0.533. The molecule has 0 atom stereocenters. The molecule has 0 saturated carbocycles. The first-order chi connectivity index (χ1) is 8.67. The van der Waals surface area contributed by atoms with Gasteiger partial charge in [-0.15, -0.1) is 0 Å². The molecule has 3 nitrogen and oxygen atoms in total. The van der Waals surface area contributed by atoms with Crippen LogP contribution in [-0.4, -0.2) is 24.3 Å². The number of hydrogen-bond acceptors (Lipinski definition) is 3. The molecule has 0 amide bonds. The van der Waals surface area contributed by atoms with Crippen LogP contribution in [0.1, 0.15) is 37.8 Å². The summed E-state index contributed by atoms with van der Waals surface area (Å²) in [4.78, 5) is 2.23. The highest BCUT2D eigenvalue weighted by atomic mass is 16.3. The lowest BCUT2D eigenvalue weighted by molar-refractivity contribution is 0.296. The largest absolute Gasteiger partial charge is 0.395 e. The molecular formula is C15H22N2O. The molecule has 0 aromatic heterocycles. The van der Waals surface area contributed by atoms with Crippen molar-refractivity contribution in [3.8, 4) is 6.07 Å². The average Bonchev–Trinajstić information content (AvgIpc) is 2.39. The number of anilines is 1. The van der Waals surface area contributed by atoms with E-state index in [0.29, 0.717) is 18.2 Å². The third-order valence-electron chi connectivity index (χ3n) is 3.39. The van der Waals surface area contributed by atoms with Crippen LogP contribution in [0.15, 0.2) is 18.2 Å². The Labute approximate surface area is 110 Å². The molecule has 0 unspecified atom stereocenters. The van der Waals surface area contributed by atoms with Crippen molar-refractivity contribution < 1.29 is 5.11 Å². The minimum atomic E-state index is 0.148. The van der Waals surface area contributed by atoms with Crippen LogP contribution in [0.25, 0.3) is 0 Å². The number of aliphatic hydroxyl groups excluding tert-OH is 1. The lowest BCUT2D eigenvalue weighted by Crippen LogP contribution is -2.36. The molecule has 0 aliphatic heterocycles. The molecule has 0 bridgehead atoms. The van der Waals surface area contributed by atoms with Gasteiger partial charge in [-0.25, -0.2) is 0 Å². The maximum atomic E-state index is 9.21. The third-order valence-corrected chi connectivity index (χ3v) is 3.39. The molecule has 1 N–H and O–H groups in total. The Hall–Kier alpha value is -1.53. The maximum absolute atomic E-state index is 9.21. The summed E-state index contributed by atoms with van der Waals surface area (Å²) in [6.07, 6.45) is 2.10. The smallest absolute Gasteiger partial charge is 0.0994 e.